The van der Waals surface area contributed by atoms with Crippen LogP contribution in [0.25, 0.3) is 0 Å². The number of ether oxygens (including phenoxy) is 1. The Balaban J connectivity index is 2.34. The molecule has 94 valence electrons. The van der Waals surface area contributed by atoms with Crippen LogP contribution < -0.4 is 10.1 Å². The molecule has 1 heterocycles. The maximum atomic E-state index is 6.23. The molecule has 0 radical (unpaired) electrons. The normalized spacial score (nSPS) is 23.1. The lowest BCUT2D eigenvalue weighted by atomic mass is 9.97. The molecule has 0 saturated carbocycles. The van der Waals surface area contributed by atoms with Crippen LogP contribution in [0.4, 0.5) is 0 Å². The fourth-order valence-electron chi connectivity index (χ4n) is 2.18. The van der Waals surface area contributed by atoms with Gasteiger partial charge in [0.25, 0.3) is 0 Å². The highest BCUT2D eigenvalue weighted by molar-refractivity contribution is 9.10. The zero-order valence-electron chi connectivity index (χ0n) is 10.1. The number of hydrogen-bond acceptors (Lipinski definition) is 2. The van der Waals surface area contributed by atoms with Crippen LogP contribution in [0.1, 0.15) is 38.3 Å². The molecule has 0 aromatic heterocycles. The second kappa shape index (κ2) is 5.59. The molecule has 0 amide bonds. The highest BCUT2D eigenvalue weighted by atomic mass is 79.9. The van der Waals surface area contributed by atoms with Crippen molar-refractivity contribution in [3.8, 4) is 5.75 Å². The highest BCUT2D eigenvalue weighted by Gasteiger charge is 2.27. The quantitative estimate of drug-likeness (QED) is 0.896. The van der Waals surface area contributed by atoms with Gasteiger partial charge >= 0.3 is 0 Å². The van der Waals surface area contributed by atoms with Gasteiger partial charge in [-0.1, -0.05) is 34.5 Å². The number of halogens is 2. The molecular weight excluding hydrogens is 302 g/mol. The molecule has 1 aromatic carbocycles. The summed E-state index contributed by atoms with van der Waals surface area (Å²) in [6.45, 7) is 5.27. The predicted molar refractivity (Wildman–Crippen MR) is 74.9 cm³/mol. The zero-order chi connectivity index (χ0) is 12.4. The first-order valence-electron chi connectivity index (χ1n) is 6.00. The average molecular weight is 319 g/mol. The van der Waals surface area contributed by atoms with Gasteiger partial charge < -0.3 is 10.1 Å². The van der Waals surface area contributed by atoms with Crippen LogP contribution in [0, 0.1) is 0 Å². The van der Waals surface area contributed by atoms with E-state index in [0.717, 1.165) is 35.2 Å². The summed E-state index contributed by atoms with van der Waals surface area (Å²) in [6, 6.07) is 4.32. The fraction of sp³-hybridized carbons (Fsp3) is 0.538. The molecule has 2 nitrogen and oxygen atoms in total. The van der Waals surface area contributed by atoms with Crippen LogP contribution in [0.15, 0.2) is 16.6 Å². The van der Waals surface area contributed by atoms with E-state index >= 15 is 0 Å². The first kappa shape index (κ1) is 13.2. The third kappa shape index (κ3) is 2.95. The SMILES string of the molecule is CCCNC1CC(C)Oc2c(Cl)cc(Br)cc21. The van der Waals surface area contributed by atoms with Crippen molar-refractivity contribution in [3.63, 3.8) is 0 Å². The van der Waals surface area contributed by atoms with Crippen molar-refractivity contribution in [1.82, 2.24) is 5.32 Å². The van der Waals surface area contributed by atoms with E-state index in [4.69, 9.17) is 16.3 Å². The largest absolute Gasteiger partial charge is 0.489 e. The number of rotatable bonds is 3. The Bertz CT molecular complexity index is 411. The molecule has 17 heavy (non-hydrogen) atoms. The second-order valence-electron chi connectivity index (χ2n) is 4.48. The van der Waals surface area contributed by atoms with E-state index < -0.39 is 0 Å². The van der Waals surface area contributed by atoms with Gasteiger partial charge in [0.05, 0.1) is 11.1 Å². The molecule has 2 rings (SSSR count). The molecule has 0 bridgehead atoms. The van der Waals surface area contributed by atoms with Crippen molar-refractivity contribution in [3.05, 3.63) is 27.2 Å². The van der Waals surface area contributed by atoms with Gasteiger partial charge in [-0.05, 0) is 32.0 Å². The van der Waals surface area contributed by atoms with E-state index in [2.05, 4.69) is 41.2 Å². The van der Waals surface area contributed by atoms with Crippen LogP contribution in [-0.2, 0) is 0 Å². The summed E-state index contributed by atoms with van der Waals surface area (Å²) in [5.74, 6) is 0.835. The van der Waals surface area contributed by atoms with Gasteiger partial charge in [0.2, 0.25) is 0 Å². The molecule has 1 aliphatic heterocycles. The van der Waals surface area contributed by atoms with Crippen LogP contribution in [0.3, 0.4) is 0 Å². The maximum absolute atomic E-state index is 6.23. The van der Waals surface area contributed by atoms with Gasteiger partial charge in [0.1, 0.15) is 5.75 Å². The molecule has 0 fully saturated rings. The van der Waals surface area contributed by atoms with Gasteiger partial charge in [0.15, 0.2) is 0 Å². The molecule has 4 heteroatoms. The fourth-order valence-corrected chi connectivity index (χ4v) is 3.06. The summed E-state index contributed by atoms with van der Waals surface area (Å²) in [4.78, 5) is 0. The van der Waals surface area contributed by atoms with Gasteiger partial charge in [-0.3, -0.25) is 0 Å². The van der Waals surface area contributed by atoms with E-state index in [-0.39, 0.29) is 6.10 Å². The Hall–Kier alpha value is -0.250. The molecule has 0 saturated heterocycles. The predicted octanol–water partition coefficient (Wildman–Crippen LogP) is 4.31. The summed E-state index contributed by atoms with van der Waals surface area (Å²) in [5.41, 5.74) is 1.16. The summed E-state index contributed by atoms with van der Waals surface area (Å²) in [6.07, 6.45) is 2.32. The molecule has 2 unspecified atom stereocenters. The standard InChI is InChI=1S/C13H17BrClNO/c1-3-4-16-12-5-8(2)17-13-10(12)6-9(14)7-11(13)15/h6-8,12,16H,3-5H2,1-2H3. The number of benzene rings is 1. The van der Waals surface area contributed by atoms with E-state index in [1.54, 1.807) is 0 Å². The van der Waals surface area contributed by atoms with Crippen LogP contribution in [0.5, 0.6) is 5.75 Å². The van der Waals surface area contributed by atoms with Crippen molar-refractivity contribution in [2.75, 3.05) is 6.54 Å². The minimum Gasteiger partial charge on any atom is -0.489 e. The van der Waals surface area contributed by atoms with Gasteiger partial charge in [-0.25, -0.2) is 0 Å². The molecule has 1 aliphatic rings. The van der Waals surface area contributed by atoms with Gasteiger partial charge in [-0.2, -0.15) is 0 Å². The maximum Gasteiger partial charge on any atom is 0.143 e. The van der Waals surface area contributed by atoms with E-state index in [1.807, 2.05) is 6.07 Å². The minimum atomic E-state index is 0.204. The zero-order valence-corrected chi connectivity index (χ0v) is 12.4. The molecule has 0 spiro atoms. The number of fused-ring (bicyclic) bond motifs is 1. The Labute approximate surface area is 116 Å². The lowest BCUT2D eigenvalue weighted by Gasteiger charge is -2.32. The third-order valence-electron chi connectivity index (χ3n) is 2.94. The Morgan fingerprint density at radius 1 is 1.53 bits per heavy atom. The molecule has 0 aliphatic carbocycles. The lowest BCUT2D eigenvalue weighted by Crippen LogP contribution is -2.32. The first-order valence-corrected chi connectivity index (χ1v) is 7.18. The van der Waals surface area contributed by atoms with Crippen molar-refractivity contribution in [1.29, 1.82) is 0 Å². The molecule has 2 atom stereocenters. The smallest absolute Gasteiger partial charge is 0.143 e. The van der Waals surface area contributed by atoms with Crippen LogP contribution in [-0.4, -0.2) is 12.6 Å². The third-order valence-corrected chi connectivity index (χ3v) is 3.68. The summed E-state index contributed by atoms with van der Waals surface area (Å²) >= 11 is 9.71. The Kier molecular flexibility index (Phi) is 4.34. The molecular formula is C13H17BrClNO. The molecule has 1 aromatic rings. The van der Waals surface area contributed by atoms with E-state index in [0.29, 0.717) is 11.1 Å². The van der Waals surface area contributed by atoms with Crippen molar-refractivity contribution in [2.24, 2.45) is 0 Å². The monoisotopic (exact) mass is 317 g/mol. The first-order chi connectivity index (χ1) is 8.11. The van der Waals surface area contributed by atoms with Crippen molar-refractivity contribution < 1.29 is 4.74 Å². The highest BCUT2D eigenvalue weighted by Crippen LogP contribution is 2.41. The number of nitrogens with one attached hydrogen (secondary N) is 1. The van der Waals surface area contributed by atoms with Crippen molar-refractivity contribution >= 4 is 27.5 Å². The van der Waals surface area contributed by atoms with Gasteiger partial charge in [-0.15, -0.1) is 0 Å². The van der Waals surface area contributed by atoms with Crippen LogP contribution >= 0.6 is 27.5 Å². The average Bonchev–Trinajstić information content (AvgIpc) is 2.27. The lowest BCUT2D eigenvalue weighted by molar-refractivity contribution is 0.166. The summed E-state index contributed by atoms with van der Waals surface area (Å²) in [5, 5.41) is 4.24. The second-order valence-corrected chi connectivity index (χ2v) is 5.80. The topological polar surface area (TPSA) is 21.3 Å². The Morgan fingerprint density at radius 3 is 3.00 bits per heavy atom. The number of hydrogen-bond donors (Lipinski definition) is 1. The molecule has 1 N–H and O–H groups in total. The van der Waals surface area contributed by atoms with Crippen molar-refractivity contribution in [2.45, 2.75) is 38.8 Å². The van der Waals surface area contributed by atoms with Crippen LogP contribution in [0.2, 0.25) is 5.02 Å². The van der Waals surface area contributed by atoms with E-state index in [9.17, 15) is 0 Å². The van der Waals surface area contributed by atoms with Gasteiger partial charge in [0, 0.05) is 22.5 Å². The summed E-state index contributed by atoms with van der Waals surface area (Å²) < 4.78 is 6.84. The van der Waals surface area contributed by atoms with E-state index in [1.165, 1.54) is 0 Å². The minimum absolute atomic E-state index is 0.204. The Morgan fingerprint density at radius 2 is 2.29 bits per heavy atom. The summed E-state index contributed by atoms with van der Waals surface area (Å²) in [7, 11) is 0.